The standard InChI is InChI=1S/C6H7N/c1-2-3-4-5-6-7/h2-5H,1H3/b3-2-,5-4-. The van der Waals surface area contributed by atoms with Crippen LogP contribution >= 0.6 is 0 Å². The lowest BCUT2D eigenvalue weighted by molar-refractivity contribution is 1.53. The van der Waals surface area contributed by atoms with Gasteiger partial charge in [-0.3, -0.25) is 0 Å². The van der Waals surface area contributed by atoms with Crippen molar-refractivity contribution in [3.63, 3.8) is 0 Å². The normalized spacial score (nSPS) is 10.3. The third kappa shape index (κ3) is 4.97. The van der Waals surface area contributed by atoms with Gasteiger partial charge in [0.2, 0.25) is 0 Å². The largest absolute Gasteiger partial charge is 0.193 e. The zero-order chi connectivity index (χ0) is 5.54. The van der Waals surface area contributed by atoms with Crippen molar-refractivity contribution in [1.29, 1.82) is 5.26 Å². The summed E-state index contributed by atoms with van der Waals surface area (Å²) in [5.41, 5.74) is 0. The Labute approximate surface area is 43.6 Å². The molecule has 0 amide bonds. The lowest BCUT2D eigenvalue weighted by Gasteiger charge is -1.61. The molecule has 0 unspecified atom stereocenters. The third-order valence-electron chi connectivity index (χ3n) is 0.474. The first-order chi connectivity index (χ1) is 3.41. The second-order valence-electron chi connectivity index (χ2n) is 1.01. The van der Waals surface area contributed by atoms with Crippen molar-refractivity contribution < 1.29 is 0 Å². The number of allylic oxidation sites excluding steroid dienone is 4. The lowest BCUT2D eigenvalue weighted by atomic mass is 10.5. The van der Waals surface area contributed by atoms with E-state index in [1.807, 2.05) is 25.1 Å². The summed E-state index contributed by atoms with van der Waals surface area (Å²) in [5, 5.41) is 7.92. The quantitative estimate of drug-likeness (QED) is 0.357. The first kappa shape index (κ1) is 5.97. The van der Waals surface area contributed by atoms with E-state index >= 15 is 0 Å². The Morgan fingerprint density at radius 3 is 2.57 bits per heavy atom. The van der Waals surface area contributed by atoms with E-state index in [2.05, 4.69) is 0 Å². The summed E-state index contributed by atoms with van der Waals surface area (Å²) < 4.78 is 0. The highest BCUT2D eigenvalue weighted by Gasteiger charge is 1.54. The summed E-state index contributed by atoms with van der Waals surface area (Å²) >= 11 is 0. The molecular formula is C6H7N. The minimum atomic E-state index is 1.43. The Kier molecular flexibility index (Phi) is 4.24. The van der Waals surface area contributed by atoms with E-state index in [0.29, 0.717) is 0 Å². The average molecular weight is 93.1 g/mol. The van der Waals surface area contributed by atoms with Gasteiger partial charge in [0.25, 0.3) is 0 Å². The molecule has 0 N–H and O–H groups in total. The molecule has 0 saturated carbocycles. The molecule has 0 atom stereocenters. The number of nitriles is 1. The molecule has 0 aliphatic heterocycles. The molecule has 0 aromatic heterocycles. The van der Waals surface area contributed by atoms with Crippen LogP contribution in [0.3, 0.4) is 0 Å². The molecule has 0 rings (SSSR count). The van der Waals surface area contributed by atoms with Gasteiger partial charge in [-0.25, -0.2) is 0 Å². The molecule has 0 bridgehead atoms. The van der Waals surface area contributed by atoms with Gasteiger partial charge in [-0.05, 0) is 6.92 Å². The fraction of sp³-hybridized carbons (Fsp3) is 0.167. The van der Waals surface area contributed by atoms with Gasteiger partial charge in [-0.1, -0.05) is 18.2 Å². The molecule has 0 aliphatic carbocycles. The van der Waals surface area contributed by atoms with Crippen LogP contribution in [0.25, 0.3) is 0 Å². The molecule has 7 heavy (non-hydrogen) atoms. The van der Waals surface area contributed by atoms with E-state index in [0.717, 1.165) is 0 Å². The van der Waals surface area contributed by atoms with Gasteiger partial charge < -0.3 is 0 Å². The van der Waals surface area contributed by atoms with Crippen LogP contribution in [0.15, 0.2) is 24.3 Å². The highest BCUT2D eigenvalue weighted by Crippen LogP contribution is 1.71. The highest BCUT2D eigenvalue weighted by atomic mass is 14.2. The van der Waals surface area contributed by atoms with Crippen LogP contribution in [0.4, 0.5) is 0 Å². The van der Waals surface area contributed by atoms with Gasteiger partial charge in [0.05, 0.1) is 6.07 Å². The second-order valence-corrected chi connectivity index (χ2v) is 1.01. The Bertz CT molecular complexity index is 115. The van der Waals surface area contributed by atoms with Crippen molar-refractivity contribution in [2.45, 2.75) is 6.92 Å². The van der Waals surface area contributed by atoms with Crippen molar-refractivity contribution in [2.75, 3.05) is 0 Å². The maximum Gasteiger partial charge on any atom is 0.0912 e. The van der Waals surface area contributed by atoms with Gasteiger partial charge in [-0.15, -0.1) is 0 Å². The highest BCUT2D eigenvalue weighted by molar-refractivity contribution is 5.10. The topological polar surface area (TPSA) is 23.8 Å². The first-order valence-electron chi connectivity index (χ1n) is 2.09. The van der Waals surface area contributed by atoms with Crippen molar-refractivity contribution in [3.05, 3.63) is 24.3 Å². The summed E-state index contributed by atoms with van der Waals surface area (Å²) in [6.07, 6.45) is 6.80. The van der Waals surface area contributed by atoms with E-state index in [4.69, 9.17) is 5.26 Å². The molecule has 0 aliphatic rings. The Morgan fingerprint density at radius 2 is 2.14 bits per heavy atom. The van der Waals surface area contributed by atoms with Crippen LogP contribution in [-0.2, 0) is 0 Å². The number of rotatable bonds is 1. The van der Waals surface area contributed by atoms with Gasteiger partial charge in [-0.2, -0.15) is 5.26 Å². The Hall–Kier alpha value is -1.03. The van der Waals surface area contributed by atoms with E-state index < -0.39 is 0 Å². The zero-order valence-corrected chi connectivity index (χ0v) is 4.26. The summed E-state index contributed by atoms with van der Waals surface area (Å²) in [6, 6.07) is 1.87. The van der Waals surface area contributed by atoms with Crippen molar-refractivity contribution in [2.24, 2.45) is 0 Å². The number of hydrogen-bond donors (Lipinski definition) is 0. The molecule has 36 valence electrons. The minimum Gasteiger partial charge on any atom is -0.193 e. The van der Waals surface area contributed by atoms with Crippen LogP contribution in [-0.4, -0.2) is 0 Å². The average Bonchev–Trinajstić information content (AvgIpc) is 1.69. The van der Waals surface area contributed by atoms with Crippen molar-refractivity contribution in [3.8, 4) is 6.07 Å². The molecule has 0 saturated heterocycles. The molecular weight excluding hydrogens is 86.1 g/mol. The van der Waals surface area contributed by atoms with Crippen molar-refractivity contribution >= 4 is 0 Å². The fourth-order valence-corrected chi connectivity index (χ4v) is 0.210. The predicted molar refractivity (Wildman–Crippen MR) is 29.6 cm³/mol. The molecule has 0 radical (unpaired) electrons. The SMILES string of the molecule is C/C=C\C=C/C#N. The Morgan fingerprint density at radius 1 is 1.43 bits per heavy atom. The predicted octanol–water partition coefficient (Wildman–Crippen LogP) is 1.64. The summed E-state index contributed by atoms with van der Waals surface area (Å²) in [4.78, 5) is 0. The molecule has 0 fully saturated rings. The molecule has 0 aromatic rings. The molecule has 1 heteroatoms. The molecule has 0 spiro atoms. The van der Waals surface area contributed by atoms with Crippen LogP contribution in [0.5, 0.6) is 0 Å². The van der Waals surface area contributed by atoms with Crippen LogP contribution in [0, 0.1) is 11.3 Å². The second kappa shape index (κ2) is 4.97. The van der Waals surface area contributed by atoms with Crippen molar-refractivity contribution in [1.82, 2.24) is 0 Å². The van der Waals surface area contributed by atoms with E-state index in [1.165, 1.54) is 6.08 Å². The van der Waals surface area contributed by atoms with Gasteiger partial charge in [0, 0.05) is 6.08 Å². The number of nitrogens with zero attached hydrogens (tertiary/aromatic N) is 1. The molecule has 0 heterocycles. The smallest absolute Gasteiger partial charge is 0.0912 e. The zero-order valence-electron chi connectivity index (χ0n) is 4.26. The maximum atomic E-state index is 7.92. The lowest BCUT2D eigenvalue weighted by Crippen LogP contribution is -1.43. The summed E-state index contributed by atoms with van der Waals surface area (Å²) in [6.45, 7) is 1.90. The summed E-state index contributed by atoms with van der Waals surface area (Å²) in [7, 11) is 0. The summed E-state index contributed by atoms with van der Waals surface area (Å²) in [5.74, 6) is 0. The Balaban J connectivity index is 3.33. The number of hydrogen-bond acceptors (Lipinski definition) is 1. The van der Waals surface area contributed by atoms with Crippen LogP contribution in [0.2, 0.25) is 0 Å². The van der Waals surface area contributed by atoms with Gasteiger partial charge >= 0.3 is 0 Å². The third-order valence-corrected chi connectivity index (χ3v) is 0.474. The van der Waals surface area contributed by atoms with Gasteiger partial charge in [0.1, 0.15) is 0 Å². The van der Waals surface area contributed by atoms with Crippen LogP contribution < -0.4 is 0 Å². The van der Waals surface area contributed by atoms with Crippen LogP contribution in [0.1, 0.15) is 6.92 Å². The molecule has 1 nitrogen and oxygen atoms in total. The minimum absolute atomic E-state index is 1.43. The maximum absolute atomic E-state index is 7.92. The van der Waals surface area contributed by atoms with E-state index in [1.54, 1.807) is 6.08 Å². The van der Waals surface area contributed by atoms with E-state index in [9.17, 15) is 0 Å². The van der Waals surface area contributed by atoms with Gasteiger partial charge in [0.15, 0.2) is 0 Å². The monoisotopic (exact) mass is 93.1 g/mol. The fourth-order valence-electron chi connectivity index (χ4n) is 0.210. The first-order valence-corrected chi connectivity index (χ1v) is 2.09. The molecule has 0 aromatic carbocycles. The van der Waals surface area contributed by atoms with E-state index in [-0.39, 0.29) is 0 Å².